The van der Waals surface area contributed by atoms with Crippen LogP contribution in [0.2, 0.25) is 0 Å². The van der Waals surface area contributed by atoms with Crippen molar-refractivity contribution in [2.45, 2.75) is 25.8 Å². The van der Waals surface area contributed by atoms with Gasteiger partial charge in [0.15, 0.2) is 0 Å². The van der Waals surface area contributed by atoms with E-state index in [0.717, 1.165) is 17.7 Å². The smallest absolute Gasteiger partial charge is 0.307 e. The van der Waals surface area contributed by atoms with Crippen LogP contribution in [0.25, 0.3) is 0 Å². The highest BCUT2D eigenvalue weighted by atomic mass is 16.5. The maximum absolute atomic E-state index is 11.9. The fourth-order valence-electron chi connectivity index (χ4n) is 3.21. The number of pyridine rings is 1. The molecule has 156 valence electrons. The summed E-state index contributed by atoms with van der Waals surface area (Å²) in [5.41, 5.74) is 3.49. The summed E-state index contributed by atoms with van der Waals surface area (Å²) in [6.07, 6.45) is 4.65. The van der Waals surface area contributed by atoms with Gasteiger partial charge in [-0.05, 0) is 48.2 Å². The van der Waals surface area contributed by atoms with Crippen LogP contribution in [0.3, 0.4) is 0 Å². The first-order valence-electron chi connectivity index (χ1n) is 10.3. The normalized spacial score (nSPS) is 11.6. The zero-order valence-electron chi connectivity index (χ0n) is 17.3. The molecule has 1 aromatic heterocycles. The van der Waals surface area contributed by atoms with Crippen molar-refractivity contribution in [2.75, 3.05) is 19.8 Å². The molecule has 2 aromatic carbocycles. The second kappa shape index (κ2) is 11.7. The average molecular weight is 405 g/mol. The van der Waals surface area contributed by atoms with Gasteiger partial charge in [0.2, 0.25) is 0 Å². The third kappa shape index (κ3) is 7.01. The predicted molar refractivity (Wildman–Crippen MR) is 117 cm³/mol. The molecule has 0 saturated carbocycles. The fourth-order valence-corrected chi connectivity index (χ4v) is 3.21. The minimum atomic E-state index is -0.228. The number of aromatic nitrogens is 1. The molecule has 1 atom stereocenters. The maximum Gasteiger partial charge on any atom is 0.307 e. The van der Waals surface area contributed by atoms with Gasteiger partial charge in [-0.25, -0.2) is 0 Å². The number of carbonyl (C=O) groups is 1. The molecule has 5 nitrogen and oxygen atoms in total. The average Bonchev–Trinajstić information content (AvgIpc) is 2.78. The SMILES string of the molecule is CCOC(=O)CC(NCCOc1ccc(Cc2ccccc2)cc1)c1cccnc1. The summed E-state index contributed by atoms with van der Waals surface area (Å²) in [6.45, 7) is 3.29. The second-order valence-corrected chi connectivity index (χ2v) is 6.96. The Kier molecular flexibility index (Phi) is 8.42. The van der Waals surface area contributed by atoms with Crippen molar-refractivity contribution in [1.82, 2.24) is 10.3 Å². The molecule has 0 amide bonds. The van der Waals surface area contributed by atoms with Gasteiger partial charge in [-0.2, -0.15) is 0 Å². The molecule has 1 heterocycles. The van der Waals surface area contributed by atoms with Crippen LogP contribution < -0.4 is 10.1 Å². The summed E-state index contributed by atoms with van der Waals surface area (Å²) in [7, 11) is 0. The summed E-state index contributed by atoms with van der Waals surface area (Å²) in [5, 5.41) is 3.37. The third-order valence-electron chi connectivity index (χ3n) is 4.70. The van der Waals surface area contributed by atoms with Crippen molar-refractivity contribution in [2.24, 2.45) is 0 Å². The van der Waals surface area contributed by atoms with Crippen LogP contribution in [0.5, 0.6) is 5.75 Å². The van der Waals surface area contributed by atoms with Gasteiger partial charge in [0, 0.05) is 25.0 Å². The molecule has 3 aromatic rings. The molecule has 5 heteroatoms. The van der Waals surface area contributed by atoms with Crippen LogP contribution in [0.15, 0.2) is 79.1 Å². The van der Waals surface area contributed by atoms with Gasteiger partial charge in [0.25, 0.3) is 0 Å². The number of ether oxygens (including phenoxy) is 2. The van der Waals surface area contributed by atoms with Gasteiger partial charge in [-0.1, -0.05) is 48.5 Å². The van der Waals surface area contributed by atoms with Crippen molar-refractivity contribution >= 4 is 5.97 Å². The lowest BCUT2D eigenvalue weighted by molar-refractivity contribution is -0.143. The number of rotatable bonds is 11. The molecular formula is C25H28N2O3. The molecule has 30 heavy (non-hydrogen) atoms. The van der Waals surface area contributed by atoms with Gasteiger partial charge in [-0.3, -0.25) is 9.78 Å². The maximum atomic E-state index is 11.9. The Bertz CT molecular complexity index is 883. The Hall–Kier alpha value is -3.18. The number of benzene rings is 2. The predicted octanol–water partition coefficient (Wildman–Crippen LogP) is 4.34. The Labute approximate surface area is 178 Å². The van der Waals surface area contributed by atoms with Crippen LogP contribution in [0.1, 0.15) is 36.1 Å². The van der Waals surface area contributed by atoms with E-state index in [1.165, 1.54) is 11.1 Å². The minimum Gasteiger partial charge on any atom is -0.492 e. The molecule has 0 fully saturated rings. The lowest BCUT2D eigenvalue weighted by atomic mass is 10.1. The number of hydrogen-bond acceptors (Lipinski definition) is 5. The van der Waals surface area contributed by atoms with Crippen LogP contribution >= 0.6 is 0 Å². The number of nitrogens with zero attached hydrogens (tertiary/aromatic N) is 1. The topological polar surface area (TPSA) is 60.5 Å². The van der Waals surface area contributed by atoms with E-state index in [4.69, 9.17) is 9.47 Å². The summed E-state index contributed by atoms with van der Waals surface area (Å²) in [5.74, 6) is 0.603. The van der Waals surface area contributed by atoms with E-state index >= 15 is 0 Å². The standard InChI is InChI=1S/C25H28N2O3/c1-2-29-25(28)18-24(22-9-6-14-26-19-22)27-15-16-30-23-12-10-21(11-13-23)17-20-7-4-3-5-8-20/h3-14,19,24,27H,2,15-18H2,1H3. The molecule has 0 aliphatic heterocycles. The molecule has 0 spiro atoms. The minimum absolute atomic E-state index is 0.158. The Morgan fingerprint density at radius 2 is 1.77 bits per heavy atom. The molecule has 1 unspecified atom stereocenters. The lowest BCUT2D eigenvalue weighted by Crippen LogP contribution is -2.28. The Morgan fingerprint density at radius 1 is 1.00 bits per heavy atom. The highest BCUT2D eigenvalue weighted by Crippen LogP contribution is 2.17. The van der Waals surface area contributed by atoms with Gasteiger partial charge in [0.05, 0.1) is 13.0 Å². The van der Waals surface area contributed by atoms with E-state index in [2.05, 4.69) is 46.7 Å². The Morgan fingerprint density at radius 3 is 2.47 bits per heavy atom. The largest absolute Gasteiger partial charge is 0.492 e. The highest BCUT2D eigenvalue weighted by molar-refractivity contribution is 5.70. The zero-order valence-corrected chi connectivity index (χ0v) is 17.3. The molecule has 3 rings (SSSR count). The van der Waals surface area contributed by atoms with Crippen molar-refractivity contribution in [3.05, 3.63) is 95.8 Å². The molecule has 0 bridgehead atoms. The number of esters is 1. The number of hydrogen-bond donors (Lipinski definition) is 1. The summed E-state index contributed by atoms with van der Waals surface area (Å²) < 4.78 is 10.9. The molecule has 0 radical (unpaired) electrons. The number of nitrogens with one attached hydrogen (secondary N) is 1. The number of carbonyl (C=O) groups excluding carboxylic acids is 1. The summed E-state index contributed by atoms with van der Waals surface area (Å²) in [4.78, 5) is 16.1. The van der Waals surface area contributed by atoms with Gasteiger partial charge in [-0.15, -0.1) is 0 Å². The molecule has 0 aliphatic carbocycles. The molecule has 0 saturated heterocycles. The third-order valence-corrected chi connectivity index (χ3v) is 4.70. The quantitative estimate of drug-likeness (QED) is 0.381. The van der Waals surface area contributed by atoms with Crippen LogP contribution in [0, 0.1) is 0 Å². The molecular weight excluding hydrogens is 376 g/mol. The lowest BCUT2D eigenvalue weighted by Gasteiger charge is -2.18. The van der Waals surface area contributed by atoms with E-state index < -0.39 is 0 Å². The first-order valence-corrected chi connectivity index (χ1v) is 10.3. The first kappa shape index (κ1) is 21.5. The van der Waals surface area contributed by atoms with Gasteiger partial charge < -0.3 is 14.8 Å². The summed E-state index contributed by atoms with van der Waals surface area (Å²) >= 11 is 0. The van der Waals surface area contributed by atoms with E-state index in [-0.39, 0.29) is 18.4 Å². The van der Waals surface area contributed by atoms with Crippen molar-refractivity contribution in [1.29, 1.82) is 0 Å². The zero-order chi connectivity index (χ0) is 21.0. The highest BCUT2D eigenvalue weighted by Gasteiger charge is 2.16. The Balaban J connectivity index is 1.47. The van der Waals surface area contributed by atoms with Crippen LogP contribution in [-0.2, 0) is 16.0 Å². The van der Waals surface area contributed by atoms with E-state index in [9.17, 15) is 4.79 Å². The van der Waals surface area contributed by atoms with E-state index in [0.29, 0.717) is 19.8 Å². The van der Waals surface area contributed by atoms with Crippen LogP contribution in [0.4, 0.5) is 0 Å². The van der Waals surface area contributed by atoms with Crippen molar-refractivity contribution in [3.8, 4) is 5.75 Å². The van der Waals surface area contributed by atoms with Crippen LogP contribution in [-0.4, -0.2) is 30.7 Å². The fraction of sp³-hybridized carbons (Fsp3) is 0.280. The van der Waals surface area contributed by atoms with Gasteiger partial charge in [0.1, 0.15) is 12.4 Å². The van der Waals surface area contributed by atoms with Crippen molar-refractivity contribution < 1.29 is 14.3 Å². The second-order valence-electron chi connectivity index (χ2n) is 6.96. The first-order chi connectivity index (χ1) is 14.7. The summed E-state index contributed by atoms with van der Waals surface area (Å²) in [6, 6.07) is 22.2. The molecule has 0 aliphatic rings. The van der Waals surface area contributed by atoms with E-state index in [1.807, 2.05) is 37.3 Å². The van der Waals surface area contributed by atoms with E-state index in [1.54, 1.807) is 12.4 Å². The van der Waals surface area contributed by atoms with Gasteiger partial charge >= 0.3 is 5.97 Å². The van der Waals surface area contributed by atoms with Crippen molar-refractivity contribution in [3.63, 3.8) is 0 Å². The monoisotopic (exact) mass is 404 g/mol. The molecule has 1 N–H and O–H groups in total.